The van der Waals surface area contributed by atoms with Crippen molar-refractivity contribution in [1.82, 2.24) is 4.90 Å². The highest BCUT2D eigenvalue weighted by Gasteiger charge is 2.31. The van der Waals surface area contributed by atoms with Crippen molar-refractivity contribution < 1.29 is 9.90 Å². The highest BCUT2D eigenvalue weighted by atomic mass is 16.4. The summed E-state index contributed by atoms with van der Waals surface area (Å²) >= 11 is 0. The quantitative estimate of drug-likeness (QED) is 0.872. The van der Waals surface area contributed by atoms with Crippen LogP contribution in [-0.2, 0) is 4.79 Å². The minimum Gasteiger partial charge on any atom is -0.480 e. The van der Waals surface area contributed by atoms with Crippen molar-refractivity contribution in [3.63, 3.8) is 0 Å². The third-order valence-electron chi connectivity index (χ3n) is 3.61. The molecule has 2 rings (SSSR count). The number of benzene rings is 1. The van der Waals surface area contributed by atoms with Crippen molar-refractivity contribution >= 4 is 5.97 Å². The van der Waals surface area contributed by atoms with E-state index in [1.54, 1.807) is 0 Å². The van der Waals surface area contributed by atoms with E-state index >= 15 is 0 Å². The fourth-order valence-corrected chi connectivity index (χ4v) is 2.61. The monoisotopic (exact) mass is 233 g/mol. The SMILES string of the molecule is C[C@@H](c1ccccc1)N1CCCC[C@H]1C(=O)O. The summed E-state index contributed by atoms with van der Waals surface area (Å²) in [6.07, 6.45) is 2.89. The molecule has 3 heteroatoms. The third kappa shape index (κ3) is 2.67. The van der Waals surface area contributed by atoms with Crippen LogP contribution in [-0.4, -0.2) is 28.6 Å². The summed E-state index contributed by atoms with van der Waals surface area (Å²) < 4.78 is 0. The number of hydrogen-bond acceptors (Lipinski definition) is 2. The molecule has 0 aromatic heterocycles. The Kier molecular flexibility index (Phi) is 3.79. The zero-order valence-electron chi connectivity index (χ0n) is 10.2. The molecule has 1 aromatic rings. The fraction of sp³-hybridized carbons (Fsp3) is 0.500. The largest absolute Gasteiger partial charge is 0.480 e. The Morgan fingerprint density at radius 2 is 2.06 bits per heavy atom. The van der Waals surface area contributed by atoms with Crippen LogP contribution in [0.2, 0.25) is 0 Å². The first kappa shape index (κ1) is 12.1. The first-order valence-corrected chi connectivity index (χ1v) is 6.23. The topological polar surface area (TPSA) is 40.5 Å². The highest BCUT2D eigenvalue weighted by Crippen LogP contribution is 2.28. The summed E-state index contributed by atoms with van der Waals surface area (Å²) in [4.78, 5) is 13.4. The average molecular weight is 233 g/mol. The van der Waals surface area contributed by atoms with Gasteiger partial charge < -0.3 is 5.11 Å². The Bertz CT molecular complexity index is 377. The molecule has 0 amide bonds. The molecule has 2 atom stereocenters. The molecule has 1 N–H and O–H groups in total. The van der Waals surface area contributed by atoms with E-state index in [1.165, 1.54) is 5.56 Å². The highest BCUT2D eigenvalue weighted by molar-refractivity contribution is 5.73. The molecule has 1 aliphatic heterocycles. The summed E-state index contributed by atoms with van der Waals surface area (Å²) in [6.45, 7) is 2.98. The lowest BCUT2D eigenvalue weighted by molar-refractivity contribution is -0.145. The molecule has 0 saturated carbocycles. The number of rotatable bonds is 3. The van der Waals surface area contributed by atoms with E-state index in [1.807, 2.05) is 18.2 Å². The minimum atomic E-state index is -0.688. The summed E-state index contributed by atoms with van der Waals surface area (Å²) in [7, 11) is 0. The van der Waals surface area contributed by atoms with Gasteiger partial charge in [-0.1, -0.05) is 36.8 Å². The molecule has 0 bridgehead atoms. The molecule has 92 valence electrons. The molecule has 1 heterocycles. The van der Waals surface area contributed by atoms with Gasteiger partial charge in [-0.3, -0.25) is 9.69 Å². The van der Waals surface area contributed by atoms with E-state index in [2.05, 4.69) is 24.0 Å². The number of hydrogen-bond donors (Lipinski definition) is 1. The molecule has 0 radical (unpaired) electrons. The molecule has 0 unspecified atom stereocenters. The first-order chi connectivity index (χ1) is 8.20. The van der Waals surface area contributed by atoms with Gasteiger partial charge in [-0.15, -0.1) is 0 Å². The van der Waals surface area contributed by atoms with Crippen LogP contribution in [0, 0.1) is 0 Å². The number of carboxylic acid groups (broad SMARTS) is 1. The molecular formula is C14H19NO2. The maximum atomic E-state index is 11.3. The smallest absolute Gasteiger partial charge is 0.320 e. The van der Waals surface area contributed by atoms with Crippen LogP contribution in [0.25, 0.3) is 0 Å². The number of aliphatic carboxylic acids is 1. The van der Waals surface area contributed by atoms with Crippen molar-refractivity contribution in [3.05, 3.63) is 35.9 Å². The predicted molar refractivity (Wildman–Crippen MR) is 66.8 cm³/mol. The summed E-state index contributed by atoms with van der Waals surface area (Å²) in [5.74, 6) is -0.688. The Morgan fingerprint density at radius 1 is 1.35 bits per heavy atom. The third-order valence-corrected chi connectivity index (χ3v) is 3.61. The lowest BCUT2D eigenvalue weighted by Gasteiger charge is -2.37. The van der Waals surface area contributed by atoms with Crippen molar-refractivity contribution in [2.45, 2.75) is 38.3 Å². The lowest BCUT2D eigenvalue weighted by Crippen LogP contribution is -2.45. The molecule has 1 saturated heterocycles. The predicted octanol–water partition coefficient (Wildman–Crippen LogP) is 2.69. The molecule has 17 heavy (non-hydrogen) atoms. The number of piperidine rings is 1. The summed E-state index contributed by atoms with van der Waals surface area (Å²) in [5, 5.41) is 9.26. The maximum Gasteiger partial charge on any atom is 0.320 e. The second-order valence-corrected chi connectivity index (χ2v) is 4.67. The zero-order valence-corrected chi connectivity index (χ0v) is 10.2. The zero-order chi connectivity index (χ0) is 12.3. The van der Waals surface area contributed by atoms with Gasteiger partial charge in [-0.2, -0.15) is 0 Å². The van der Waals surface area contributed by atoms with E-state index in [0.717, 1.165) is 25.8 Å². The van der Waals surface area contributed by atoms with Crippen LogP contribution in [0.3, 0.4) is 0 Å². The van der Waals surface area contributed by atoms with Gasteiger partial charge >= 0.3 is 5.97 Å². The van der Waals surface area contributed by atoms with Gasteiger partial charge in [0.1, 0.15) is 6.04 Å². The summed E-state index contributed by atoms with van der Waals surface area (Å²) in [5.41, 5.74) is 1.20. The Balaban J connectivity index is 2.16. The fourth-order valence-electron chi connectivity index (χ4n) is 2.61. The van der Waals surface area contributed by atoms with Crippen LogP contribution < -0.4 is 0 Å². The minimum absolute atomic E-state index is 0.178. The standard InChI is InChI=1S/C14H19NO2/c1-11(12-7-3-2-4-8-12)15-10-6-5-9-13(15)14(16)17/h2-4,7-8,11,13H,5-6,9-10H2,1H3,(H,16,17)/t11-,13-/m0/s1. The normalized spacial score (nSPS) is 23.2. The van der Waals surface area contributed by atoms with Crippen molar-refractivity contribution in [1.29, 1.82) is 0 Å². The van der Waals surface area contributed by atoms with Crippen LogP contribution in [0.1, 0.15) is 37.8 Å². The lowest BCUT2D eigenvalue weighted by atomic mass is 9.97. The average Bonchev–Trinajstić information content (AvgIpc) is 2.39. The van der Waals surface area contributed by atoms with E-state index in [0.29, 0.717) is 0 Å². The molecule has 1 aliphatic rings. The van der Waals surface area contributed by atoms with E-state index in [-0.39, 0.29) is 12.1 Å². The van der Waals surface area contributed by atoms with Crippen molar-refractivity contribution in [3.8, 4) is 0 Å². The molecule has 3 nitrogen and oxygen atoms in total. The molecule has 0 aliphatic carbocycles. The van der Waals surface area contributed by atoms with E-state index in [9.17, 15) is 9.90 Å². The Labute approximate surface area is 102 Å². The van der Waals surface area contributed by atoms with Gasteiger partial charge in [0, 0.05) is 6.04 Å². The van der Waals surface area contributed by atoms with Gasteiger partial charge in [-0.05, 0) is 31.9 Å². The molecule has 1 fully saturated rings. The second kappa shape index (κ2) is 5.32. The first-order valence-electron chi connectivity index (χ1n) is 6.23. The van der Waals surface area contributed by atoms with Crippen molar-refractivity contribution in [2.75, 3.05) is 6.54 Å². The Morgan fingerprint density at radius 3 is 2.71 bits per heavy atom. The van der Waals surface area contributed by atoms with Crippen LogP contribution in [0.15, 0.2) is 30.3 Å². The van der Waals surface area contributed by atoms with Crippen LogP contribution in [0.5, 0.6) is 0 Å². The van der Waals surface area contributed by atoms with Crippen LogP contribution >= 0.6 is 0 Å². The number of nitrogens with zero attached hydrogens (tertiary/aromatic N) is 1. The van der Waals surface area contributed by atoms with Crippen LogP contribution in [0.4, 0.5) is 0 Å². The molecule has 0 spiro atoms. The van der Waals surface area contributed by atoms with Gasteiger partial charge in [0.25, 0.3) is 0 Å². The molecular weight excluding hydrogens is 214 g/mol. The maximum absolute atomic E-state index is 11.3. The second-order valence-electron chi connectivity index (χ2n) is 4.67. The van der Waals surface area contributed by atoms with Gasteiger partial charge in [0.05, 0.1) is 0 Å². The van der Waals surface area contributed by atoms with E-state index in [4.69, 9.17) is 0 Å². The summed E-state index contributed by atoms with van der Waals surface area (Å²) in [6, 6.07) is 9.99. The van der Waals surface area contributed by atoms with Crippen molar-refractivity contribution in [2.24, 2.45) is 0 Å². The van der Waals surface area contributed by atoms with Gasteiger partial charge in [-0.25, -0.2) is 0 Å². The number of carboxylic acids is 1. The van der Waals surface area contributed by atoms with Gasteiger partial charge in [0.15, 0.2) is 0 Å². The van der Waals surface area contributed by atoms with Gasteiger partial charge in [0.2, 0.25) is 0 Å². The number of carbonyl (C=O) groups is 1. The Hall–Kier alpha value is -1.35. The molecule has 1 aromatic carbocycles. The number of likely N-dealkylation sites (tertiary alicyclic amines) is 1. The van der Waals surface area contributed by atoms with E-state index < -0.39 is 5.97 Å².